The molecule has 1 heterocycles. The van der Waals surface area contributed by atoms with E-state index in [4.69, 9.17) is 25.3 Å². The fourth-order valence-corrected chi connectivity index (χ4v) is 4.19. The Balaban J connectivity index is 1.62. The van der Waals surface area contributed by atoms with Crippen LogP contribution in [0.5, 0.6) is 11.5 Å². The van der Waals surface area contributed by atoms with E-state index in [9.17, 15) is 13.2 Å². The molecule has 1 aliphatic heterocycles. The van der Waals surface area contributed by atoms with E-state index in [1.807, 2.05) is 6.92 Å². The number of carbonyl (C=O) groups excluding carboxylic acids is 1. The van der Waals surface area contributed by atoms with Crippen molar-refractivity contribution in [3.05, 3.63) is 94.1 Å². The first kappa shape index (κ1) is 22.6. The van der Waals surface area contributed by atoms with Crippen LogP contribution in [0.3, 0.4) is 0 Å². The molecule has 0 radical (unpaired) electrons. The van der Waals surface area contributed by atoms with Gasteiger partial charge in [0.2, 0.25) is 5.90 Å². The Kier molecular flexibility index (Phi) is 6.22. The number of aliphatic imine (C=N–C) groups is 1. The SMILES string of the molecule is COc1cc(/C=C2/N=C(c3ccccc3Cl)OC2=O)ccc1OS(=O)(=O)c1ccc(C)cc1. The van der Waals surface area contributed by atoms with E-state index >= 15 is 0 Å². The molecule has 3 aromatic carbocycles. The van der Waals surface area contributed by atoms with Gasteiger partial charge in [0.1, 0.15) is 4.90 Å². The normalized spacial score (nSPS) is 14.7. The van der Waals surface area contributed by atoms with Gasteiger partial charge in [-0.05, 0) is 55.0 Å². The van der Waals surface area contributed by atoms with Crippen molar-refractivity contribution in [1.29, 1.82) is 0 Å². The summed E-state index contributed by atoms with van der Waals surface area (Å²) in [6.45, 7) is 1.86. The minimum absolute atomic E-state index is 0.00878. The van der Waals surface area contributed by atoms with Gasteiger partial charge in [0.05, 0.1) is 17.7 Å². The Morgan fingerprint density at radius 2 is 1.73 bits per heavy atom. The van der Waals surface area contributed by atoms with E-state index in [1.54, 1.807) is 42.5 Å². The Labute approximate surface area is 196 Å². The number of hydrogen-bond acceptors (Lipinski definition) is 7. The van der Waals surface area contributed by atoms with E-state index in [2.05, 4.69) is 4.99 Å². The summed E-state index contributed by atoms with van der Waals surface area (Å²) in [4.78, 5) is 16.5. The fraction of sp³-hybridized carbons (Fsp3) is 0.0833. The second-order valence-corrected chi connectivity index (χ2v) is 9.03. The van der Waals surface area contributed by atoms with Crippen LogP contribution in [0.2, 0.25) is 5.02 Å². The lowest BCUT2D eigenvalue weighted by atomic mass is 10.1. The van der Waals surface area contributed by atoms with Crippen LogP contribution < -0.4 is 8.92 Å². The molecule has 168 valence electrons. The molecule has 0 N–H and O–H groups in total. The number of aryl methyl sites for hydroxylation is 1. The third-order valence-corrected chi connectivity index (χ3v) is 6.30. The van der Waals surface area contributed by atoms with Crippen LogP contribution >= 0.6 is 11.6 Å². The van der Waals surface area contributed by atoms with Gasteiger partial charge >= 0.3 is 16.1 Å². The predicted octanol–water partition coefficient (Wildman–Crippen LogP) is 4.77. The van der Waals surface area contributed by atoms with Crippen LogP contribution in [0.4, 0.5) is 0 Å². The topological polar surface area (TPSA) is 91.3 Å². The average Bonchev–Trinajstić information content (AvgIpc) is 3.15. The molecular weight excluding hydrogens is 466 g/mol. The van der Waals surface area contributed by atoms with Crippen LogP contribution in [0, 0.1) is 6.92 Å². The van der Waals surface area contributed by atoms with Gasteiger partial charge in [0.25, 0.3) is 0 Å². The van der Waals surface area contributed by atoms with E-state index < -0.39 is 16.1 Å². The summed E-state index contributed by atoms with van der Waals surface area (Å²) in [7, 11) is -2.67. The van der Waals surface area contributed by atoms with Gasteiger partial charge in [-0.3, -0.25) is 0 Å². The van der Waals surface area contributed by atoms with Crippen LogP contribution in [-0.4, -0.2) is 27.4 Å². The van der Waals surface area contributed by atoms with Crippen LogP contribution in [-0.2, 0) is 19.6 Å². The molecular formula is C24H18ClNO6S. The first-order valence-electron chi connectivity index (χ1n) is 9.73. The summed E-state index contributed by atoms with van der Waals surface area (Å²) < 4.78 is 41.0. The molecule has 0 aliphatic carbocycles. The van der Waals surface area contributed by atoms with E-state index in [1.165, 1.54) is 37.5 Å². The summed E-state index contributed by atoms with van der Waals surface area (Å²) >= 11 is 6.15. The smallest absolute Gasteiger partial charge is 0.363 e. The van der Waals surface area contributed by atoms with Gasteiger partial charge in [0.15, 0.2) is 17.2 Å². The van der Waals surface area contributed by atoms with E-state index in [0.717, 1.165) is 5.56 Å². The number of hydrogen-bond donors (Lipinski definition) is 0. The van der Waals surface area contributed by atoms with Gasteiger partial charge in [0, 0.05) is 0 Å². The molecule has 7 nitrogen and oxygen atoms in total. The Hall–Kier alpha value is -3.62. The zero-order valence-corrected chi connectivity index (χ0v) is 19.2. The summed E-state index contributed by atoms with van der Waals surface area (Å²) in [6.07, 6.45) is 1.49. The highest BCUT2D eigenvalue weighted by atomic mass is 35.5. The number of carbonyl (C=O) groups is 1. The standard InChI is InChI=1S/C24H18ClNO6S/c1-15-7-10-17(11-8-15)33(28,29)32-21-12-9-16(14-22(21)30-2)13-20-24(27)31-23(26-20)18-5-3-4-6-19(18)25/h3-14H,1-2H3/b20-13+. The minimum Gasteiger partial charge on any atom is -0.493 e. The van der Waals surface area contributed by atoms with Crippen molar-refractivity contribution < 1.29 is 26.9 Å². The molecule has 0 bridgehead atoms. The van der Waals surface area contributed by atoms with Gasteiger partial charge in [-0.1, -0.05) is 47.5 Å². The van der Waals surface area contributed by atoms with Gasteiger partial charge in [-0.2, -0.15) is 8.42 Å². The van der Waals surface area contributed by atoms with Crippen LogP contribution in [0.15, 0.2) is 82.3 Å². The van der Waals surface area contributed by atoms with Crippen molar-refractivity contribution in [1.82, 2.24) is 0 Å². The second kappa shape index (κ2) is 9.09. The number of esters is 1. The molecule has 0 saturated carbocycles. The monoisotopic (exact) mass is 483 g/mol. The Morgan fingerprint density at radius 1 is 1.00 bits per heavy atom. The van der Waals surface area contributed by atoms with Crippen LogP contribution in [0.25, 0.3) is 6.08 Å². The molecule has 33 heavy (non-hydrogen) atoms. The quantitative estimate of drug-likeness (QED) is 0.285. The molecule has 0 amide bonds. The number of benzene rings is 3. The third-order valence-electron chi connectivity index (χ3n) is 4.72. The summed E-state index contributed by atoms with van der Waals surface area (Å²) in [6, 6.07) is 17.7. The van der Waals surface area contributed by atoms with Crippen molar-refractivity contribution in [2.24, 2.45) is 4.99 Å². The second-order valence-electron chi connectivity index (χ2n) is 7.08. The van der Waals surface area contributed by atoms with Crippen molar-refractivity contribution in [3.8, 4) is 11.5 Å². The highest BCUT2D eigenvalue weighted by Gasteiger charge is 2.26. The highest BCUT2D eigenvalue weighted by molar-refractivity contribution is 7.87. The summed E-state index contributed by atoms with van der Waals surface area (Å²) in [5, 5.41) is 0.406. The molecule has 0 aromatic heterocycles. The Bertz CT molecular complexity index is 1390. The number of rotatable bonds is 6. The van der Waals surface area contributed by atoms with E-state index in [0.29, 0.717) is 16.1 Å². The zero-order valence-electron chi connectivity index (χ0n) is 17.6. The largest absolute Gasteiger partial charge is 0.493 e. The molecule has 0 fully saturated rings. The molecule has 0 unspecified atom stereocenters. The number of methoxy groups -OCH3 is 1. The first-order chi connectivity index (χ1) is 15.8. The predicted molar refractivity (Wildman–Crippen MR) is 124 cm³/mol. The number of ether oxygens (including phenoxy) is 2. The van der Waals surface area contributed by atoms with Crippen LogP contribution in [0.1, 0.15) is 16.7 Å². The molecule has 0 spiro atoms. The van der Waals surface area contributed by atoms with E-state index in [-0.39, 0.29) is 28.0 Å². The maximum Gasteiger partial charge on any atom is 0.363 e. The number of cyclic esters (lactones) is 1. The van der Waals surface area contributed by atoms with Crippen molar-refractivity contribution in [2.45, 2.75) is 11.8 Å². The molecule has 0 saturated heterocycles. The summed E-state index contributed by atoms with van der Waals surface area (Å²) in [5.41, 5.74) is 2.02. The first-order valence-corrected chi connectivity index (χ1v) is 11.5. The number of halogens is 1. The molecule has 0 atom stereocenters. The molecule has 1 aliphatic rings. The zero-order chi connectivity index (χ0) is 23.6. The third kappa shape index (κ3) is 4.92. The highest BCUT2D eigenvalue weighted by Crippen LogP contribution is 2.32. The van der Waals surface area contributed by atoms with Crippen molar-refractivity contribution in [2.75, 3.05) is 7.11 Å². The van der Waals surface area contributed by atoms with Gasteiger partial charge < -0.3 is 13.7 Å². The maximum atomic E-state index is 12.6. The molecule has 4 rings (SSSR count). The van der Waals surface area contributed by atoms with Gasteiger partial charge in [-0.25, -0.2) is 9.79 Å². The average molecular weight is 484 g/mol. The maximum absolute atomic E-state index is 12.6. The summed E-state index contributed by atoms with van der Waals surface area (Å²) in [5.74, 6) is -0.352. The fourth-order valence-electron chi connectivity index (χ4n) is 3.03. The number of nitrogens with zero attached hydrogens (tertiary/aromatic N) is 1. The molecule has 9 heteroatoms. The van der Waals surface area contributed by atoms with Crippen molar-refractivity contribution >= 4 is 39.7 Å². The Morgan fingerprint density at radius 3 is 2.42 bits per heavy atom. The minimum atomic E-state index is -4.05. The van der Waals surface area contributed by atoms with Crippen molar-refractivity contribution in [3.63, 3.8) is 0 Å². The lowest BCUT2D eigenvalue weighted by Gasteiger charge is -2.11. The molecule has 3 aromatic rings. The van der Waals surface area contributed by atoms with Gasteiger partial charge in [-0.15, -0.1) is 0 Å². The lowest BCUT2D eigenvalue weighted by molar-refractivity contribution is -0.129. The lowest BCUT2D eigenvalue weighted by Crippen LogP contribution is -2.10.